The molecule has 0 saturated carbocycles. The molecule has 0 bridgehead atoms. The van der Waals surface area contributed by atoms with Crippen LogP contribution >= 0.6 is 15.9 Å². The Morgan fingerprint density at radius 2 is 2.06 bits per heavy atom. The zero-order valence-electron chi connectivity index (χ0n) is 9.50. The molecule has 0 saturated heterocycles. The van der Waals surface area contributed by atoms with Gasteiger partial charge in [-0.25, -0.2) is 0 Å². The van der Waals surface area contributed by atoms with E-state index in [1.165, 1.54) is 12.1 Å². The number of hydrogen-bond donors (Lipinski definition) is 1. The highest BCUT2D eigenvalue weighted by Gasteiger charge is 2.31. The summed E-state index contributed by atoms with van der Waals surface area (Å²) in [5, 5.41) is 8.80. The van der Waals surface area contributed by atoms with Crippen LogP contribution in [0.3, 0.4) is 0 Å². The molecule has 1 unspecified atom stereocenters. The number of aliphatic hydroxyl groups is 1. The Hall–Kier alpha value is -0.950. The molecule has 0 spiro atoms. The monoisotopic (exact) mass is 328 g/mol. The molecule has 0 radical (unpaired) electrons. The van der Waals surface area contributed by atoms with Gasteiger partial charge in [0.1, 0.15) is 11.5 Å². The van der Waals surface area contributed by atoms with Gasteiger partial charge >= 0.3 is 6.36 Å². The van der Waals surface area contributed by atoms with Crippen LogP contribution in [0.2, 0.25) is 0 Å². The van der Waals surface area contributed by atoms with Crippen molar-refractivity contribution in [2.75, 3.05) is 13.2 Å². The third-order valence-corrected chi connectivity index (χ3v) is 2.59. The summed E-state index contributed by atoms with van der Waals surface area (Å²) in [6.07, 6.45) is -4.73. The SMILES string of the molecule is CC(CO)COc1ccc(OC(F)(F)F)c(Br)c1. The van der Waals surface area contributed by atoms with E-state index in [0.29, 0.717) is 5.75 Å². The lowest BCUT2D eigenvalue weighted by Crippen LogP contribution is -2.17. The maximum absolute atomic E-state index is 12.0. The first kappa shape index (κ1) is 15.1. The van der Waals surface area contributed by atoms with Crippen LogP contribution in [0.1, 0.15) is 6.92 Å². The summed E-state index contributed by atoms with van der Waals surface area (Å²) < 4.78 is 45.3. The van der Waals surface area contributed by atoms with Crippen LogP contribution < -0.4 is 9.47 Å². The van der Waals surface area contributed by atoms with Crippen molar-refractivity contribution in [3.8, 4) is 11.5 Å². The topological polar surface area (TPSA) is 38.7 Å². The van der Waals surface area contributed by atoms with E-state index in [1.807, 2.05) is 0 Å². The molecule has 102 valence electrons. The number of alkyl halides is 3. The van der Waals surface area contributed by atoms with Crippen LogP contribution in [0.5, 0.6) is 11.5 Å². The van der Waals surface area contributed by atoms with Gasteiger partial charge in [-0.1, -0.05) is 6.92 Å². The zero-order chi connectivity index (χ0) is 13.8. The molecule has 0 aliphatic rings. The molecule has 3 nitrogen and oxygen atoms in total. The first-order valence-electron chi connectivity index (χ1n) is 5.11. The van der Waals surface area contributed by atoms with Crippen molar-refractivity contribution in [1.82, 2.24) is 0 Å². The van der Waals surface area contributed by atoms with E-state index in [2.05, 4.69) is 20.7 Å². The Bertz CT molecular complexity index is 396. The molecular weight excluding hydrogens is 317 g/mol. The summed E-state index contributed by atoms with van der Waals surface area (Å²) in [5.41, 5.74) is 0. The zero-order valence-corrected chi connectivity index (χ0v) is 11.1. The molecule has 7 heteroatoms. The van der Waals surface area contributed by atoms with Gasteiger partial charge in [-0.3, -0.25) is 0 Å². The third kappa shape index (κ3) is 5.14. The van der Waals surface area contributed by atoms with Crippen molar-refractivity contribution in [2.45, 2.75) is 13.3 Å². The molecule has 1 aromatic carbocycles. The average Bonchev–Trinajstić information content (AvgIpc) is 2.27. The van der Waals surface area contributed by atoms with E-state index in [-0.39, 0.29) is 29.4 Å². The number of rotatable bonds is 5. The van der Waals surface area contributed by atoms with E-state index in [9.17, 15) is 13.2 Å². The van der Waals surface area contributed by atoms with Gasteiger partial charge in [0, 0.05) is 12.5 Å². The normalized spacial score (nSPS) is 13.2. The first-order valence-corrected chi connectivity index (χ1v) is 5.90. The largest absolute Gasteiger partial charge is 0.573 e. The van der Waals surface area contributed by atoms with Gasteiger partial charge in [0.2, 0.25) is 0 Å². The molecule has 1 aromatic rings. The van der Waals surface area contributed by atoms with Gasteiger partial charge in [-0.05, 0) is 34.1 Å². The lowest BCUT2D eigenvalue weighted by Gasteiger charge is -2.13. The number of aliphatic hydroxyl groups excluding tert-OH is 1. The third-order valence-electron chi connectivity index (χ3n) is 1.98. The highest BCUT2D eigenvalue weighted by atomic mass is 79.9. The summed E-state index contributed by atoms with van der Waals surface area (Å²) in [6.45, 7) is 2.05. The minimum Gasteiger partial charge on any atom is -0.493 e. The summed E-state index contributed by atoms with van der Waals surface area (Å²) in [4.78, 5) is 0. The summed E-state index contributed by atoms with van der Waals surface area (Å²) in [6, 6.07) is 3.91. The molecule has 0 aliphatic carbocycles. The number of halogens is 4. The van der Waals surface area contributed by atoms with Crippen LogP contribution in [0.4, 0.5) is 13.2 Å². The smallest absolute Gasteiger partial charge is 0.493 e. The Labute approximate surface area is 111 Å². The highest BCUT2D eigenvalue weighted by molar-refractivity contribution is 9.10. The van der Waals surface area contributed by atoms with Gasteiger partial charge in [0.05, 0.1) is 11.1 Å². The van der Waals surface area contributed by atoms with Gasteiger partial charge in [0.25, 0.3) is 0 Å². The molecular formula is C11H12BrF3O3. The van der Waals surface area contributed by atoms with Crippen molar-refractivity contribution in [1.29, 1.82) is 0 Å². The van der Waals surface area contributed by atoms with E-state index in [4.69, 9.17) is 9.84 Å². The molecule has 18 heavy (non-hydrogen) atoms. The highest BCUT2D eigenvalue weighted by Crippen LogP contribution is 2.33. The number of hydrogen-bond acceptors (Lipinski definition) is 3. The van der Waals surface area contributed by atoms with E-state index >= 15 is 0 Å². The second kappa shape index (κ2) is 6.29. The fraction of sp³-hybridized carbons (Fsp3) is 0.455. The predicted molar refractivity (Wildman–Crippen MR) is 62.6 cm³/mol. The second-order valence-corrected chi connectivity index (χ2v) is 4.59. The molecule has 1 N–H and O–H groups in total. The van der Waals surface area contributed by atoms with Crippen LogP contribution in [0.15, 0.2) is 22.7 Å². The molecule has 0 amide bonds. The van der Waals surface area contributed by atoms with Crippen molar-refractivity contribution in [3.63, 3.8) is 0 Å². The van der Waals surface area contributed by atoms with Gasteiger partial charge in [-0.15, -0.1) is 13.2 Å². The fourth-order valence-electron chi connectivity index (χ4n) is 1.07. The van der Waals surface area contributed by atoms with Crippen molar-refractivity contribution < 1.29 is 27.8 Å². The number of benzene rings is 1. The van der Waals surface area contributed by atoms with Crippen molar-refractivity contribution in [2.24, 2.45) is 5.92 Å². The second-order valence-electron chi connectivity index (χ2n) is 3.74. The van der Waals surface area contributed by atoms with Crippen LogP contribution in [0.25, 0.3) is 0 Å². The van der Waals surface area contributed by atoms with Gasteiger partial charge in [0.15, 0.2) is 0 Å². The summed E-state index contributed by atoms with van der Waals surface area (Å²) >= 11 is 2.97. The van der Waals surface area contributed by atoms with E-state index < -0.39 is 6.36 Å². The molecule has 1 rings (SSSR count). The Kier molecular flexibility index (Phi) is 5.28. The van der Waals surface area contributed by atoms with E-state index in [0.717, 1.165) is 6.07 Å². The first-order chi connectivity index (χ1) is 8.31. The summed E-state index contributed by atoms with van der Waals surface area (Å²) in [5.74, 6) is 0.0247. The van der Waals surface area contributed by atoms with Gasteiger partial charge in [-0.2, -0.15) is 0 Å². The quantitative estimate of drug-likeness (QED) is 0.900. The van der Waals surface area contributed by atoms with Crippen molar-refractivity contribution >= 4 is 15.9 Å². The maximum atomic E-state index is 12.0. The fourth-order valence-corrected chi connectivity index (χ4v) is 1.51. The molecule has 0 aliphatic heterocycles. The lowest BCUT2D eigenvalue weighted by molar-refractivity contribution is -0.274. The molecule has 0 fully saturated rings. The number of ether oxygens (including phenoxy) is 2. The van der Waals surface area contributed by atoms with E-state index in [1.54, 1.807) is 6.92 Å². The van der Waals surface area contributed by atoms with Gasteiger partial charge < -0.3 is 14.6 Å². The minimum atomic E-state index is -4.73. The van der Waals surface area contributed by atoms with Crippen LogP contribution in [0, 0.1) is 5.92 Å². The lowest BCUT2D eigenvalue weighted by atomic mass is 10.2. The Morgan fingerprint density at radius 1 is 1.39 bits per heavy atom. The standard InChI is InChI=1S/C11H12BrF3O3/c1-7(5-16)6-17-8-2-3-10(9(12)4-8)18-11(13,14)15/h2-4,7,16H,5-6H2,1H3. The summed E-state index contributed by atoms with van der Waals surface area (Å²) in [7, 11) is 0. The predicted octanol–water partition coefficient (Wildman–Crippen LogP) is 3.35. The van der Waals surface area contributed by atoms with Crippen LogP contribution in [-0.4, -0.2) is 24.7 Å². The molecule has 1 atom stereocenters. The maximum Gasteiger partial charge on any atom is 0.573 e. The van der Waals surface area contributed by atoms with Crippen LogP contribution in [-0.2, 0) is 0 Å². The Balaban J connectivity index is 2.67. The minimum absolute atomic E-state index is 0.0174. The van der Waals surface area contributed by atoms with Crippen molar-refractivity contribution in [3.05, 3.63) is 22.7 Å². The molecule has 0 aromatic heterocycles. The Morgan fingerprint density at radius 3 is 2.56 bits per heavy atom. The average molecular weight is 329 g/mol. The molecule has 0 heterocycles.